The van der Waals surface area contributed by atoms with E-state index in [0.717, 1.165) is 5.39 Å². The monoisotopic (exact) mass is 356 g/mol. The van der Waals surface area contributed by atoms with Crippen LogP contribution in [0.1, 0.15) is 22.8 Å². The molecule has 1 aliphatic rings. The maximum atomic E-state index is 12.1. The Morgan fingerprint density at radius 1 is 1.04 bits per heavy atom. The fourth-order valence-corrected chi connectivity index (χ4v) is 3.89. The van der Waals surface area contributed by atoms with Crippen LogP contribution in [0.4, 0.5) is 0 Å². The molecule has 0 bridgehead atoms. The lowest BCUT2D eigenvalue weighted by molar-refractivity contribution is -0.165. The van der Waals surface area contributed by atoms with E-state index in [2.05, 4.69) is 0 Å². The third kappa shape index (κ3) is 2.09. The molecule has 0 amide bonds. The van der Waals surface area contributed by atoms with E-state index in [0.29, 0.717) is 27.5 Å². The average molecular weight is 357 g/mol. The highest BCUT2D eigenvalue weighted by molar-refractivity contribution is 6.30. The van der Waals surface area contributed by atoms with Crippen LogP contribution >= 0.6 is 11.6 Å². The van der Waals surface area contributed by atoms with E-state index >= 15 is 0 Å². The molecule has 4 rings (SSSR count). The van der Waals surface area contributed by atoms with Crippen LogP contribution in [0.3, 0.4) is 0 Å². The van der Waals surface area contributed by atoms with Gasteiger partial charge in [0.1, 0.15) is 11.3 Å². The Morgan fingerprint density at radius 2 is 1.68 bits per heavy atom. The largest absolute Gasteiger partial charge is 0.480 e. The minimum atomic E-state index is -2.01. The number of aliphatic carboxylic acids is 2. The van der Waals surface area contributed by atoms with Crippen molar-refractivity contribution in [3.63, 3.8) is 0 Å². The second-order valence-electron chi connectivity index (χ2n) is 6.18. The van der Waals surface area contributed by atoms with E-state index in [9.17, 15) is 19.8 Å². The molecular formula is C19H13ClO5. The molecule has 25 heavy (non-hydrogen) atoms. The van der Waals surface area contributed by atoms with Crippen molar-refractivity contribution in [1.82, 2.24) is 0 Å². The van der Waals surface area contributed by atoms with Gasteiger partial charge in [-0.1, -0.05) is 41.9 Å². The molecule has 1 atom stereocenters. The predicted molar refractivity (Wildman–Crippen MR) is 90.9 cm³/mol. The molecule has 126 valence electrons. The SMILES string of the molecule is O=C(O)C1(C(=O)O)Cc2oc3ccccc3c2C1c1ccc(Cl)cc1. The van der Waals surface area contributed by atoms with E-state index in [4.69, 9.17) is 16.0 Å². The first-order valence-electron chi connectivity index (χ1n) is 7.67. The molecule has 0 saturated carbocycles. The van der Waals surface area contributed by atoms with Gasteiger partial charge in [-0.05, 0) is 23.8 Å². The molecule has 1 aromatic heterocycles. The van der Waals surface area contributed by atoms with E-state index in [1.807, 2.05) is 18.2 Å². The van der Waals surface area contributed by atoms with Gasteiger partial charge in [0.25, 0.3) is 0 Å². The van der Waals surface area contributed by atoms with Gasteiger partial charge in [0.2, 0.25) is 0 Å². The molecule has 1 aliphatic carbocycles. The van der Waals surface area contributed by atoms with Gasteiger partial charge in [0.15, 0.2) is 5.41 Å². The molecule has 1 heterocycles. The van der Waals surface area contributed by atoms with Gasteiger partial charge >= 0.3 is 11.9 Å². The van der Waals surface area contributed by atoms with Gasteiger partial charge in [0.05, 0.1) is 0 Å². The third-order valence-electron chi connectivity index (χ3n) is 4.90. The Hall–Kier alpha value is -2.79. The van der Waals surface area contributed by atoms with Gasteiger partial charge in [-0.2, -0.15) is 0 Å². The van der Waals surface area contributed by atoms with Gasteiger partial charge in [-0.15, -0.1) is 0 Å². The summed E-state index contributed by atoms with van der Waals surface area (Å²) in [4.78, 5) is 24.1. The number of carbonyl (C=O) groups is 2. The number of halogens is 1. The fourth-order valence-electron chi connectivity index (χ4n) is 3.76. The molecule has 3 aromatic rings. The van der Waals surface area contributed by atoms with Gasteiger partial charge < -0.3 is 14.6 Å². The van der Waals surface area contributed by atoms with E-state index < -0.39 is 23.3 Å². The van der Waals surface area contributed by atoms with E-state index in [1.54, 1.807) is 30.3 Å². The number of para-hydroxylation sites is 1. The number of benzene rings is 2. The Balaban J connectivity index is 2.04. The normalized spacial score (nSPS) is 18.2. The summed E-state index contributed by atoms with van der Waals surface area (Å²) in [5, 5.41) is 20.9. The van der Waals surface area contributed by atoms with Crippen LogP contribution in [0.15, 0.2) is 52.9 Å². The Morgan fingerprint density at radius 3 is 2.32 bits per heavy atom. The minimum absolute atomic E-state index is 0.199. The van der Waals surface area contributed by atoms with Crippen LogP contribution in [0.5, 0.6) is 0 Å². The number of carboxylic acid groups (broad SMARTS) is 2. The molecular weight excluding hydrogens is 344 g/mol. The molecule has 0 spiro atoms. The lowest BCUT2D eigenvalue weighted by Crippen LogP contribution is -2.43. The molecule has 2 N–H and O–H groups in total. The quantitative estimate of drug-likeness (QED) is 0.694. The van der Waals surface area contributed by atoms with Gasteiger partial charge in [-0.25, -0.2) is 0 Å². The topological polar surface area (TPSA) is 87.7 Å². The molecule has 2 aromatic carbocycles. The lowest BCUT2D eigenvalue weighted by Gasteiger charge is -2.27. The summed E-state index contributed by atoms with van der Waals surface area (Å²) in [6, 6.07) is 13.8. The van der Waals surface area contributed by atoms with Crippen molar-refractivity contribution in [2.45, 2.75) is 12.3 Å². The van der Waals surface area contributed by atoms with Crippen LogP contribution in [-0.4, -0.2) is 22.2 Å². The van der Waals surface area contributed by atoms with Crippen LogP contribution in [0.2, 0.25) is 5.02 Å². The number of furan rings is 1. The summed E-state index contributed by atoms with van der Waals surface area (Å²) < 4.78 is 5.79. The average Bonchev–Trinajstić information content (AvgIpc) is 3.09. The number of hydrogen-bond acceptors (Lipinski definition) is 3. The van der Waals surface area contributed by atoms with Gasteiger partial charge in [-0.3, -0.25) is 9.59 Å². The second kappa shape index (κ2) is 5.36. The van der Waals surface area contributed by atoms with E-state index in [1.165, 1.54) is 0 Å². The zero-order chi connectivity index (χ0) is 17.8. The van der Waals surface area contributed by atoms with Crippen molar-refractivity contribution in [3.05, 3.63) is 70.4 Å². The summed E-state index contributed by atoms with van der Waals surface area (Å²) in [6.45, 7) is 0. The Bertz CT molecular complexity index is 988. The molecule has 5 nitrogen and oxygen atoms in total. The van der Waals surface area contributed by atoms with Crippen molar-refractivity contribution < 1.29 is 24.2 Å². The summed E-state index contributed by atoms with van der Waals surface area (Å²) in [7, 11) is 0. The number of fused-ring (bicyclic) bond motifs is 3. The molecule has 0 radical (unpaired) electrons. The Labute approximate surface area is 147 Å². The summed E-state index contributed by atoms with van der Waals surface area (Å²) in [6.07, 6.45) is -0.199. The highest BCUT2D eigenvalue weighted by Gasteiger charge is 2.60. The highest BCUT2D eigenvalue weighted by Crippen LogP contribution is 2.54. The van der Waals surface area contributed by atoms with Crippen molar-refractivity contribution in [3.8, 4) is 0 Å². The molecule has 6 heteroatoms. The summed E-state index contributed by atoms with van der Waals surface area (Å²) in [5.74, 6) is -3.21. The number of rotatable bonds is 3. The van der Waals surface area contributed by atoms with E-state index in [-0.39, 0.29) is 6.42 Å². The van der Waals surface area contributed by atoms with Gasteiger partial charge in [0, 0.05) is 28.3 Å². The molecule has 1 unspecified atom stereocenters. The smallest absolute Gasteiger partial charge is 0.322 e. The van der Waals surface area contributed by atoms with Crippen molar-refractivity contribution in [2.24, 2.45) is 5.41 Å². The molecule has 0 fully saturated rings. The number of hydrogen-bond donors (Lipinski definition) is 2. The number of carboxylic acids is 2. The molecule has 0 saturated heterocycles. The van der Waals surface area contributed by atoms with Crippen LogP contribution in [0.25, 0.3) is 11.0 Å². The van der Waals surface area contributed by atoms with Crippen molar-refractivity contribution in [1.29, 1.82) is 0 Å². The standard InChI is InChI=1S/C19H13ClO5/c20-11-7-5-10(6-8-11)16-15-12-3-1-2-4-13(12)25-14(15)9-19(16,17(21)22)18(23)24/h1-8,16H,9H2,(H,21,22)(H,23,24). The molecule has 0 aliphatic heterocycles. The Kier molecular flexibility index (Phi) is 3.37. The summed E-state index contributed by atoms with van der Waals surface area (Å²) >= 11 is 5.94. The maximum absolute atomic E-state index is 12.1. The minimum Gasteiger partial charge on any atom is -0.480 e. The maximum Gasteiger partial charge on any atom is 0.322 e. The van der Waals surface area contributed by atoms with Crippen molar-refractivity contribution in [2.75, 3.05) is 0 Å². The lowest BCUT2D eigenvalue weighted by atomic mass is 9.72. The predicted octanol–water partition coefficient (Wildman–Crippen LogP) is 3.93. The first kappa shape index (κ1) is 15.7. The zero-order valence-corrected chi connectivity index (χ0v) is 13.7. The van der Waals surface area contributed by atoms with Crippen LogP contribution in [0, 0.1) is 5.41 Å². The van der Waals surface area contributed by atoms with Crippen LogP contribution < -0.4 is 0 Å². The highest BCUT2D eigenvalue weighted by atomic mass is 35.5. The van der Waals surface area contributed by atoms with Crippen LogP contribution in [-0.2, 0) is 16.0 Å². The fraction of sp³-hybridized carbons (Fsp3) is 0.158. The zero-order valence-electron chi connectivity index (χ0n) is 12.9. The second-order valence-corrected chi connectivity index (χ2v) is 6.61. The first-order valence-corrected chi connectivity index (χ1v) is 8.05. The summed E-state index contributed by atoms with van der Waals surface area (Å²) in [5.41, 5.74) is -0.176. The third-order valence-corrected chi connectivity index (χ3v) is 5.15. The first-order chi connectivity index (χ1) is 11.9. The van der Waals surface area contributed by atoms with Crippen molar-refractivity contribution >= 4 is 34.5 Å².